The monoisotopic (exact) mass is 440 g/mol. The van der Waals surface area contributed by atoms with Gasteiger partial charge in [0.15, 0.2) is 0 Å². The summed E-state index contributed by atoms with van der Waals surface area (Å²) in [6.45, 7) is 3.45. The molecule has 2 rings (SSSR count). The van der Waals surface area contributed by atoms with E-state index in [1.807, 2.05) is 0 Å². The molecule has 0 radical (unpaired) electrons. The molecule has 4 N–H and O–H groups in total. The number of hydrazone groups is 1. The first-order valence-electron chi connectivity index (χ1n) is 8.21. The normalized spacial score (nSPS) is 9.90. The lowest BCUT2D eigenvalue weighted by Gasteiger charge is -2.03. The Labute approximate surface area is 177 Å². The van der Waals surface area contributed by atoms with Gasteiger partial charge >= 0.3 is 5.97 Å². The van der Waals surface area contributed by atoms with E-state index in [1.165, 1.54) is 37.3 Å². The quantitative estimate of drug-likeness (QED) is 0.192. The van der Waals surface area contributed by atoms with E-state index in [2.05, 4.69) is 16.0 Å². The lowest BCUT2D eigenvalue weighted by Crippen LogP contribution is -2.15. The summed E-state index contributed by atoms with van der Waals surface area (Å²) in [7, 11) is 0. The van der Waals surface area contributed by atoms with Gasteiger partial charge in [-0.3, -0.25) is 31.5 Å². The highest BCUT2D eigenvalue weighted by atomic mass is 35.5. The molecule has 0 spiro atoms. The van der Waals surface area contributed by atoms with E-state index in [4.69, 9.17) is 10.6 Å². The second-order valence-electron chi connectivity index (χ2n) is 5.29. The van der Waals surface area contributed by atoms with Gasteiger partial charge < -0.3 is 10.2 Å². The maximum absolute atomic E-state index is 11.2. The zero-order valence-electron chi connectivity index (χ0n) is 16.1. The molecule has 2 aromatic rings. The third-order valence-corrected chi connectivity index (χ3v) is 3.20. The van der Waals surface area contributed by atoms with Crippen LogP contribution in [0.25, 0.3) is 0 Å². The van der Waals surface area contributed by atoms with E-state index in [0.717, 1.165) is 0 Å². The summed E-state index contributed by atoms with van der Waals surface area (Å²) in [5, 5.41) is 24.5. The molecule has 0 aromatic heterocycles. The van der Waals surface area contributed by atoms with Gasteiger partial charge in [0, 0.05) is 24.3 Å². The molecule has 12 nitrogen and oxygen atoms in total. The summed E-state index contributed by atoms with van der Waals surface area (Å²) in [5.41, 5.74) is 5.95. The van der Waals surface area contributed by atoms with Crippen molar-refractivity contribution in [2.24, 2.45) is 10.9 Å². The number of nitrogens with zero attached hydrogens (tertiary/aromatic N) is 3. The number of nitrogens with two attached hydrogens (primary N) is 1. The molecule has 0 aliphatic carbocycles. The molecular weight excluding hydrogens is 420 g/mol. The SMILES string of the molecule is CCOC(=O)C(C)=NNc1cccc([N+](=O)[O-])c1.Cl.NNc1cccc([N+](=O)[O-])c1. The number of esters is 1. The number of anilines is 2. The molecule has 162 valence electrons. The van der Waals surface area contributed by atoms with Crippen LogP contribution < -0.4 is 16.7 Å². The third-order valence-electron chi connectivity index (χ3n) is 3.20. The number of ether oxygens (including phenoxy) is 1. The first-order chi connectivity index (χ1) is 13.8. The highest BCUT2D eigenvalue weighted by molar-refractivity contribution is 6.35. The zero-order valence-corrected chi connectivity index (χ0v) is 16.9. The predicted molar refractivity (Wildman–Crippen MR) is 115 cm³/mol. The summed E-state index contributed by atoms with van der Waals surface area (Å²) >= 11 is 0. The van der Waals surface area contributed by atoms with Crippen LogP contribution in [0, 0.1) is 20.2 Å². The number of rotatable bonds is 7. The highest BCUT2D eigenvalue weighted by Crippen LogP contribution is 2.17. The zero-order chi connectivity index (χ0) is 21.8. The number of hydrogen-bond acceptors (Lipinski definition) is 10. The van der Waals surface area contributed by atoms with Gasteiger partial charge in [0.05, 0.1) is 27.8 Å². The van der Waals surface area contributed by atoms with Crippen molar-refractivity contribution in [1.29, 1.82) is 0 Å². The first-order valence-corrected chi connectivity index (χ1v) is 8.21. The smallest absolute Gasteiger partial charge is 0.354 e. The largest absolute Gasteiger partial charge is 0.461 e. The van der Waals surface area contributed by atoms with Crippen LogP contribution in [0.15, 0.2) is 53.6 Å². The van der Waals surface area contributed by atoms with Crippen LogP contribution in [-0.2, 0) is 9.53 Å². The van der Waals surface area contributed by atoms with Crippen LogP contribution in [0.4, 0.5) is 22.7 Å². The van der Waals surface area contributed by atoms with Crippen molar-refractivity contribution >= 4 is 46.8 Å². The Morgan fingerprint density at radius 3 is 2.03 bits per heavy atom. The highest BCUT2D eigenvalue weighted by Gasteiger charge is 2.08. The number of benzene rings is 2. The Hall–Kier alpha value is -3.77. The van der Waals surface area contributed by atoms with Crippen molar-refractivity contribution in [2.45, 2.75) is 13.8 Å². The van der Waals surface area contributed by atoms with Crippen LogP contribution in [0.5, 0.6) is 0 Å². The summed E-state index contributed by atoms with van der Waals surface area (Å²) in [4.78, 5) is 31.0. The Morgan fingerprint density at radius 1 is 1.07 bits per heavy atom. The molecule has 30 heavy (non-hydrogen) atoms. The van der Waals surface area contributed by atoms with Crippen LogP contribution in [-0.4, -0.2) is 28.1 Å². The second kappa shape index (κ2) is 13.4. The van der Waals surface area contributed by atoms with Gasteiger partial charge in [0.2, 0.25) is 0 Å². The number of nitro groups is 2. The van der Waals surface area contributed by atoms with Gasteiger partial charge in [-0.05, 0) is 26.0 Å². The standard InChI is InChI=1S/C11H13N3O4.C6H7N3O2.ClH/c1-3-18-11(15)8(2)12-13-9-5-4-6-10(7-9)14(16)17;7-8-5-2-1-3-6(4-5)9(10)11;/h4-7,13H,3H2,1-2H3;1-4,8H,7H2;1H. The summed E-state index contributed by atoms with van der Waals surface area (Å²) in [6, 6.07) is 11.8. The Morgan fingerprint density at radius 2 is 1.57 bits per heavy atom. The fraction of sp³-hybridized carbons (Fsp3) is 0.176. The van der Waals surface area contributed by atoms with Crippen LogP contribution in [0.3, 0.4) is 0 Å². The van der Waals surface area contributed by atoms with E-state index < -0.39 is 15.8 Å². The van der Waals surface area contributed by atoms with Gasteiger partial charge in [-0.15, -0.1) is 12.4 Å². The van der Waals surface area contributed by atoms with E-state index in [0.29, 0.717) is 11.4 Å². The summed E-state index contributed by atoms with van der Waals surface area (Å²) in [5.74, 6) is 4.51. The maximum Gasteiger partial charge on any atom is 0.354 e. The van der Waals surface area contributed by atoms with Crippen molar-refractivity contribution in [3.05, 3.63) is 68.8 Å². The van der Waals surface area contributed by atoms with Crippen LogP contribution in [0.2, 0.25) is 0 Å². The van der Waals surface area contributed by atoms with Gasteiger partial charge in [0.25, 0.3) is 11.4 Å². The number of carbonyl (C=O) groups is 1. The topological polar surface area (TPSA) is 175 Å². The van der Waals surface area contributed by atoms with Gasteiger partial charge in [-0.2, -0.15) is 5.10 Å². The van der Waals surface area contributed by atoms with E-state index in [-0.39, 0.29) is 36.1 Å². The molecule has 0 heterocycles. The number of hydrazine groups is 1. The molecule has 2 aromatic carbocycles. The molecule has 0 atom stereocenters. The van der Waals surface area contributed by atoms with Crippen LogP contribution >= 0.6 is 12.4 Å². The van der Waals surface area contributed by atoms with Crippen LogP contribution in [0.1, 0.15) is 13.8 Å². The molecule has 0 saturated carbocycles. The molecule has 0 saturated heterocycles. The van der Waals surface area contributed by atoms with Gasteiger partial charge in [-0.1, -0.05) is 12.1 Å². The van der Waals surface area contributed by atoms with E-state index in [9.17, 15) is 25.0 Å². The summed E-state index contributed by atoms with van der Waals surface area (Å²) < 4.78 is 4.74. The average Bonchev–Trinajstić information content (AvgIpc) is 2.72. The van der Waals surface area contributed by atoms with Gasteiger partial charge in [-0.25, -0.2) is 4.79 Å². The molecule has 0 bridgehead atoms. The first kappa shape index (κ1) is 26.2. The minimum absolute atomic E-state index is 0. The Balaban J connectivity index is 0.000000603. The third kappa shape index (κ3) is 8.95. The lowest BCUT2D eigenvalue weighted by atomic mass is 10.3. The van der Waals surface area contributed by atoms with Crippen molar-refractivity contribution in [2.75, 3.05) is 17.5 Å². The fourth-order valence-electron chi connectivity index (χ4n) is 1.83. The van der Waals surface area contributed by atoms with Crippen molar-refractivity contribution < 1.29 is 19.4 Å². The minimum Gasteiger partial charge on any atom is -0.461 e. The number of nitro benzene ring substituents is 2. The molecule has 0 fully saturated rings. The number of nitrogen functional groups attached to an aromatic ring is 1. The number of hydrogen-bond donors (Lipinski definition) is 3. The van der Waals surface area contributed by atoms with Gasteiger partial charge in [0.1, 0.15) is 5.71 Å². The van der Waals surface area contributed by atoms with Crippen molar-refractivity contribution in [3.8, 4) is 0 Å². The number of non-ortho nitro benzene ring substituents is 2. The minimum atomic E-state index is -0.532. The molecule has 13 heteroatoms. The molecule has 0 unspecified atom stereocenters. The average molecular weight is 441 g/mol. The van der Waals surface area contributed by atoms with Crippen molar-refractivity contribution in [1.82, 2.24) is 0 Å². The molecule has 0 aliphatic rings. The molecule has 0 amide bonds. The maximum atomic E-state index is 11.2. The Kier molecular flexibility index (Phi) is 11.7. The molecule has 0 aliphatic heterocycles. The number of halogens is 1. The number of carbonyl (C=O) groups excluding carboxylic acids is 1. The second-order valence-corrected chi connectivity index (χ2v) is 5.29. The molecular formula is C17H21ClN6O6. The number of nitrogens with one attached hydrogen (secondary N) is 2. The summed E-state index contributed by atoms with van der Waals surface area (Å²) in [6.07, 6.45) is 0. The Bertz CT molecular complexity index is 908. The predicted octanol–water partition coefficient (Wildman–Crippen LogP) is 3.25. The fourth-order valence-corrected chi connectivity index (χ4v) is 1.83. The van der Waals surface area contributed by atoms with E-state index in [1.54, 1.807) is 25.1 Å². The van der Waals surface area contributed by atoms with Crippen molar-refractivity contribution in [3.63, 3.8) is 0 Å². The lowest BCUT2D eigenvalue weighted by molar-refractivity contribution is -0.385. The van der Waals surface area contributed by atoms with E-state index >= 15 is 0 Å².